The Kier molecular flexibility index (Phi) is 7.19. The molecule has 0 aliphatic carbocycles. The number of thiazole rings is 1. The first-order valence-electron chi connectivity index (χ1n) is 9.98. The summed E-state index contributed by atoms with van der Waals surface area (Å²) in [5.74, 6) is 0.519. The molecule has 0 fully saturated rings. The van der Waals surface area contributed by atoms with Crippen LogP contribution in [0.5, 0.6) is 0 Å². The van der Waals surface area contributed by atoms with E-state index in [0.29, 0.717) is 21.2 Å². The van der Waals surface area contributed by atoms with Crippen LogP contribution in [0.2, 0.25) is 5.02 Å². The molecule has 4 rings (SSSR count). The van der Waals surface area contributed by atoms with Gasteiger partial charge in [0.05, 0.1) is 11.4 Å². The van der Waals surface area contributed by atoms with Gasteiger partial charge in [-0.15, -0.1) is 16.4 Å². The van der Waals surface area contributed by atoms with Crippen molar-refractivity contribution in [3.63, 3.8) is 0 Å². The molecule has 0 saturated heterocycles. The largest absolute Gasteiger partial charge is 0.301 e. The highest BCUT2D eigenvalue weighted by Crippen LogP contribution is 2.24. The maximum absolute atomic E-state index is 12.4. The summed E-state index contributed by atoms with van der Waals surface area (Å²) in [7, 11) is 0. The molecule has 2 aromatic heterocycles. The third-order valence-corrected chi connectivity index (χ3v) is 6.75. The highest BCUT2D eigenvalue weighted by atomic mass is 35.5. The summed E-state index contributed by atoms with van der Waals surface area (Å²) in [6, 6.07) is 15.8. The number of nitrogens with one attached hydrogen (secondary N) is 1. The van der Waals surface area contributed by atoms with E-state index in [-0.39, 0.29) is 11.7 Å². The second kappa shape index (κ2) is 10.2. The number of aromatic nitrogens is 5. The van der Waals surface area contributed by atoms with E-state index in [1.54, 1.807) is 16.8 Å². The van der Waals surface area contributed by atoms with Crippen molar-refractivity contribution in [3.8, 4) is 5.69 Å². The fourth-order valence-corrected chi connectivity index (χ4v) is 4.65. The molecule has 2 aromatic carbocycles. The van der Waals surface area contributed by atoms with Crippen molar-refractivity contribution < 1.29 is 4.79 Å². The number of hydrogen-bond donors (Lipinski definition) is 1. The van der Waals surface area contributed by atoms with Crippen LogP contribution in [0.15, 0.2) is 59.9 Å². The molecule has 164 valence electrons. The number of tetrazole rings is 1. The summed E-state index contributed by atoms with van der Waals surface area (Å²) in [4.78, 5) is 17.8. The third-order valence-electron chi connectivity index (χ3n) is 4.67. The topological polar surface area (TPSA) is 85.6 Å². The zero-order valence-corrected chi connectivity index (χ0v) is 19.9. The van der Waals surface area contributed by atoms with Crippen LogP contribution in [-0.2, 0) is 11.2 Å². The van der Waals surface area contributed by atoms with Crippen molar-refractivity contribution in [1.29, 1.82) is 0 Å². The quantitative estimate of drug-likeness (QED) is 0.345. The van der Waals surface area contributed by atoms with Crippen LogP contribution in [0.3, 0.4) is 0 Å². The minimum absolute atomic E-state index is 0.164. The number of nitrogens with zero attached hydrogens (tertiary/aromatic N) is 5. The van der Waals surface area contributed by atoms with E-state index >= 15 is 0 Å². The number of thioether (sulfide) groups is 1. The van der Waals surface area contributed by atoms with Gasteiger partial charge in [-0.05, 0) is 51.7 Å². The molecule has 0 aliphatic heterocycles. The number of hydrogen-bond acceptors (Lipinski definition) is 7. The van der Waals surface area contributed by atoms with Crippen molar-refractivity contribution in [3.05, 3.63) is 75.8 Å². The van der Waals surface area contributed by atoms with Crippen LogP contribution in [-0.4, -0.2) is 36.9 Å². The number of rotatable bonds is 8. The predicted molar refractivity (Wildman–Crippen MR) is 129 cm³/mol. The highest BCUT2D eigenvalue weighted by Gasteiger charge is 2.13. The van der Waals surface area contributed by atoms with E-state index in [1.165, 1.54) is 34.2 Å². The maximum Gasteiger partial charge on any atom is 0.236 e. The monoisotopic (exact) mass is 484 g/mol. The molecule has 4 aromatic rings. The second-order valence-corrected chi connectivity index (χ2v) is 9.89. The first-order chi connectivity index (χ1) is 15.5. The predicted octanol–water partition coefficient (Wildman–Crippen LogP) is 5.22. The van der Waals surface area contributed by atoms with Crippen LogP contribution in [0.25, 0.3) is 5.69 Å². The second-order valence-electron chi connectivity index (χ2n) is 7.39. The van der Waals surface area contributed by atoms with Crippen LogP contribution >= 0.6 is 34.7 Å². The number of halogens is 1. The Morgan fingerprint density at radius 1 is 1.16 bits per heavy atom. The molecule has 32 heavy (non-hydrogen) atoms. The van der Waals surface area contributed by atoms with E-state index < -0.39 is 0 Å². The Morgan fingerprint density at radius 3 is 2.62 bits per heavy atom. The zero-order chi connectivity index (χ0) is 22.5. The molecule has 0 aliphatic rings. The van der Waals surface area contributed by atoms with Crippen molar-refractivity contribution in [1.82, 2.24) is 25.2 Å². The Labute approximate surface area is 199 Å². The van der Waals surface area contributed by atoms with Crippen LogP contribution in [0, 0.1) is 0 Å². The number of carbonyl (C=O) groups is 1. The Morgan fingerprint density at radius 2 is 1.91 bits per heavy atom. The number of anilines is 1. The summed E-state index contributed by atoms with van der Waals surface area (Å²) in [5, 5.41) is 16.3. The smallest absolute Gasteiger partial charge is 0.236 e. The fourth-order valence-electron chi connectivity index (χ4n) is 2.97. The summed E-state index contributed by atoms with van der Waals surface area (Å²) < 4.78 is 1.57. The lowest BCUT2D eigenvalue weighted by Crippen LogP contribution is -2.14. The van der Waals surface area contributed by atoms with Crippen molar-refractivity contribution >= 4 is 45.7 Å². The van der Waals surface area contributed by atoms with Gasteiger partial charge in [0.15, 0.2) is 5.13 Å². The van der Waals surface area contributed by atoms with E-state index in [9.17, 15) is 4.79 Å². The number of amides is 1. The van der Waals surface area contributed by atoms with E-state index in [4.69, 9.17) is 11.6 Å². The molecule has 0 saturated carbocycles. The normalized spacial score (nSPS) is 11.1. The SMILES string of the molecule is CC(C)c1ccc(Cc2cnc(NC(=O)CSc3nnnn3-c3ccc(Cl)cc3)s2)cc1. The molecular formula is C22H21ClN6OS2. The summed E-state index contributed by atoms with van der Waals surface area (Å²) in [6.45, 7) is 4.37. The van der Waals surface area contributed by atoms with Gasteiger partial charge in [0, 0.05) is 22.5 Å². The lowest BCUT2D eigenvalue weighted by Gasteiger charge is -2.06. The Hall–Kier alpha value is -2.75. The average molecular weight is 485 g/mol. The van der Waals surface area contributed by atoms with Gasteiger partial charge in [0.25, 0.3) is 0 Å². The van der Waals surface area contributed by atoms with Crippen molar-refractivity contribution in [2.24, 2.45) is 0 Å². The molecule has 1 N–H and O–H groups in total. The van der Waals surface area contributed by atoms with Crippen LogP contribution < -0.4 is 5.32 Å². The van der Waals surface area contributed by atoms with Gasteiger partial charge in [-0.3, -0.25) is 4.79 Å². The standard InChI is InChI=1S/C22H21ClN6OS2/c1-14(2)16-5-3-15(4-6-16)11-19-12-24-21(32-19)25-20(30)13-31-22-26-27-28-29(22)18-9-7-17(23)8-10-18/h3-10,12,14H,11,13H2,1-2H3,(H,24,25,30). The molecular weight excluding hydrogens is 464 g/mol. The third kappa shape index (κ3) is 5.73. The van der Waals surface area contributed by atoms with Gasteiger partial charge in [-0.2, -0.15) is 4.68 Å². The van der Waals surface area contributed by atoms with Gasteiger partial charge in [0.2, 0.25) is 11.1 Å². The molecule has 1 amide bonds. The van der Waals surface area contributed by atoms with Gasteiger partial charge in [0.1, 0.15) is 0 Å². The minimum atomic E-state index is -0.164. The summed E-state index contributed by atoms with van der Waals surface area (Å²) in [5.41, 5.74) is 3.32. The minimum Gasteiger partial charge on any atom is -0.301 e. The van der Waals surface area contributed by atoms with Gasteiger partial charge >= 0.3 is 0 Å². The van der Waals surface area contributed by atoms with Crippen molar-refractivity contribution in [2.45, 2.75) is 31.3 Å². The molecule has 0 radical (unpaired) electrons. The summed E-state index contributed by atoms with van der Waals surface area (Å²) in [6.07, 6.45) is 2.60. The van der Waals surface area contributed by atoms with Crippen LogP contribution in [0.1, 0.15) is 35.8 Å². The number of benzene rings is 2. The first kappa shape index (κ1) is 22.4. The fraction of sp³-hybridized carbons (Fsp3) is 0.227. The van der Waals surface area contributed by atoms with E-state index in [1.807, 2.05) is 18.3 Å². The molecule has 0 spiro atoms. The summed E-state index contributed by atoms with van der Waals surface area (Å²) >= 11 is 8.67. The molecule has 0 bridgehead atoms. The molecule has 10 heteroatoms. The number of carbonyl (C=O) groups excluding carboxylic acids is 1. The van der Waals surface area contributed by atoms with Gasteiger partial charge < -0.3 is 5.32 Å². The first-order valence-corrected chi connectivity index (χ1v) is 12.2. The van der Waals surface area contributed by atoms with Crippen LogP contribution in [0.4, 0.5) is 5.13 Å². The zero-order valence-electron chi connectivity index (χ0n) is 17.5. The molecule has 7 nitrogen and oxygen atoms in total. The van der Waals surface area contributed by atoms with Crippen molar-refractivity contribution in [2.75, 3.05) is 11.1 Å². The van der Waals surface area contributed by atoms with Gasteiger partial charge in [-0.25, -0.2) is 4.98 Å². The van der Waals surface area contributed by atoms with E-state index in [2.05, 4.69) is 63.9 Å². The molecule has 2 heterocycles. The average Bonchev–Trinajstić information content (AvgIpc) is 3.42. The van der Waals surface area contributed by atoms with Gasteiger partial charge in [-0.1, -0.05) is 61.5 Å². The van der Waals surface area contributed by atoms with E-state index in [0.717, 1.165) is 17.0 Å². The molecule has 0 unspecified atom stereocenters. The Balaban J connectivity index is 1.31. The maximum atomic E-state index is 12.4. The highest BCUT2D eigenvalue weighted by molar-refractivity contribution is 7.99. The Bertz CT molecular complexity index is 1190. The lowest BCUT2D eigenvalue weighted by molar-refractivity contribution is -0.113. The lowest BCUT2D eigenvalue weighted by atomic mass is 10.0. The molecule has 0 atom stereocenters.